The van der Waals surface area contributed by atoms with Gasteiger partial charge in [0, 0.05) is 19.2 Å². The number of aromatic nitrogens is 1. The minimum Gasteiger partial charge on any atom is -0.481 e. The van der Waals surface area contributed by atoms with Gasteiger partial charge in [-0.25, -0.2) is 4.98 Å². The maximum atomic E-state index is 10.6. The molecule has 0 saturated carbocycles. The predicted octanol–water partition coefficient (Wildman–Crippen LogP) is 1.87. The fraction of sp³-hybridized carbons (Fsp3) is 0.417. The monoisotopic (exact) mass is 233 g/mol. The zero-order valence-electron chi connectivity index (χ0n) is 9.68. The summed E-state index contributed by atoms with van der Waals surface area (Å²) in [6.45, 7) is 2.48. The Balaban J connectivity index is 2.60. The van der Waals surface area contributed by atoms with Crippen molar-refractivity contribution >= 4 is 11.7 Å². The molecule has 90 valence electrons. The zero-order chi connectivity index (χ0) is 12.7. The summed E-state index contributed by atoms with van der Waals surface area (Å²) < 4.78 is 0. The van der Waals surface area contributed by atoms with Crippen LogP contribution in [-0.2, 0) is 4.79 Å². The summed E-state index contributed by atoms with van der Waals surface area (Å²) in [5.74, 6) is -0.746. The number of hydrogen-bond donors (Lipinski definition) is 2. The van der Waals surface area contributed by atoms with Gasteiger partial charge in [-0.1, -0.05) is 13.3 Å². The highest BCUT2D eigenvalue weighted by Crippen LogP contribution is 2.14. The Morgan fingerprint density at radius 2 is 2.47 bits per heavy atom. The summed E-state index contributed by atoms with van der Waals surface area (Å²) in [5.41, 5.74) is 0.983. The number of hydrogen-bond acceptors (Lipinski definition) is 4. The van der Waals surface area contributed by atoms with Crippen molar-refractivity contribution in [1.82, 2.24) is 4.98 Å². The number of carbonyl (C=O) groups is 1. The Bertz CT molecular complexity index is 426. The average Bonchev–Trinajstić information content (AvgIpc) is 2.34. The van der Waals surface area contributed by atoms with Crippen LogP contribution in [0.25, 0.3) is 0 Å². The summed E-state index contributed by atoms with van der Waals surface area (Å²) in [6, 6.07) is 5.49. The van der Waals surface area contributed by atoms with Crippen molar-refractivity contribution in [2.45, 2.75) is 19.8 Å². The van der Waals surface area contributed by atoms with Crippen molar-refractivity contribution in [1.29, 1.82) is 5.26 Å². The quantitative estimate of drug-likeness (QED) is 0.783. The average molecular weight is 233 g/mol. The van der Waals surface area contributed by atoms with Crippen LogP contribution in [0, 0.1) is 17.2 Å². The van der Waals surface area contributed by atoms with E-state index in [-0.39, 0.29) is 12.3 Å². The summed E-state index contributed by atoms with van der Waals surface area (Å²) in [7, 11) is 0. The third kappa shape index (κ3) is 4.11. The predicted molar refractivity (Wildman–Crippen MR) is 63.5 cm³/mol. The van der Waals surface area contributed by atoms with E-state index in [2.05, 4.69) is 10.3 Å². The molecule has 0 saturated heterocycles. The normalized spacial score (nSPS) is 11.5. The van der Waals surface area contributed by atoms with Crippen LogP contribution in [0.5, 0.6) is 0 Å². The molecule has 17 heavy (non-hydrogen) atoms. The number of carboxylic acid groups (broad SMARTS) is 1. The highest BCUT2D eigenvalue weighted by molar-refractivity contribution is 5.67. The third-order valence-electron chi connectivity index (χ3n) is 2.54. The Kier molecular flexibility index (Phi) is 4.95. The first kappa shape index (κ1) is 13.0. The van der Waals surface area contributed by atoms with E-state index in [4.69, 9.17) is 10.4 Å². The summed E-state index contributed by atoms with van der Waals surface area (Å²) in [6.07, 6.45) is 2.46. The molecule has 0 bridgehead atoms. The number of pyridine rings is 1. The van der Waals surface area contributed by atoms with Gasteiger partial charge >= 0.3 is 5.97 Å². The number of rotatable bonds is 6. The van der Waals surface area contributed by atoms with Gasteiger partial charge in [-0.15, -0.1) is 0 Å². The van der Waals surface area contributed by atoms with E-state index in [0.717, 1.165) is 6.42 Å². The molecule has 1 aromatic heterocycles. The van der Waals surface area contributed by atoms with E-state index < -0.39 is 5.97 Å². The second kappa shape index (κ2) is 6.48. The molecule has 0 aromatic carbocycles. The highest BCUT2D eigenvalue weighted by atomic mass is 16.4. The molecule has 1 rings (SSSR count). The Morgan fingerprint density at radius 1 is 1.71 bits per heavy atom. The first-order valence-electron chi connectivity index (χ1n) is 5.48. The second-order valence-corrected chi connectivity index (χ2v) is 3.76. The molecule has 2 N–H and O–H groups in total. The van der Waals surface area contributed by atoms with Crippen LogP contribution < -0.4 is 5.32 Å². The number of nitriles is 1. The van der Waals surface area contributed by atoms with Crippen LogP contribution in [-0.4, -0.2) is 22.6 Å². The van der Waals surface area contributed by atoms with Crippen LogP contribution in [0.2, 0.25) is 0 Å². The molecule has 0 amide bonds. The number of anilines is 1. The number of aliphatic carboxylic acids is 1. The van der Waals surface area contributed by atoms with Gasteiger partial charge in [0.15, 0.2) is 5.69 Å². The fourth-order valence-electron chi connectivity index (χ4n) is 1.50. The van der Waals surface area contributed by atoms with Crippen LogP contribution >= 0.6 is 0 Å². The fourth-order valence-corrected chi connectivity index (χ4v) is 1.50. The van der Waals surface area contributed by atoms with E-state index in [9.17, 15) is 4.79 Å². The standard InChI is InChI=1S/C12H15N3O2/c1-2-9(6-12(16)17)8-15-10-4-3-5-14-11(10)7-13/h3-5,9,15H,2,6,8H2,1H3,(H,16,17). The molecule has 0 fully saturated rings. The minimum absolute atomic E-state index is 0.0549. The molecule has 1 aromatic rings. The molecule has 1 unspecified atom stereocenters. The Labute approximate surface area is 100 Å². The molecular weight excluding hydrogens is 218 g/mol. The van der Waals surface area contributed by atoms with Gasteiger partial charge in [0.1, 0.15) is 6.07 Å². The Morgan fingerprint density at radius 3 is 3.06 bits per heavy atom. The van der Waals surface area contributed by atoms with Crippen LogP contribution in [0.3, 0.4) is 0 Å². The lowest BCUT2D eigenvalue weighted by Gasteiger charge is -2.14. The van der Waals surface area contributed by atoms with Gasteiger partial charge in [-0.2, -0.15) is 5.26 Å². The van der Waals surface area contributed by atoms with Crippen molar-refractivity contribution in [2.75, 3.05) is 11.9 Å². The second-order valence-electron chi connectivity index (χ2n) is 3.76. The minimum atomic E-state index is -0.801. The molecule has 0 aliphatic rings. The molecule has 1 heterocycles. The SMILES string of the molecule is CCC(CNc1cccnc1C#N)CC(=O)O. The van der Waals surface area contributed by atoms with E-state index in [1.54, 1.807) is 18.3 Å². The van der Waals surface area contributed by atoms with Gasteiger partial charge in [0.25, 0.3) is 0 Å². The zero-order valence-corrected chi connectivity index (χ0v) is 9.68. The molecule has 0 spiro atoms. The van der Waals surface area contributed by atoms with Gasteiger partial charge in [0.2, 0.25) is 0 Å². The lowest BCUT2D eigenvalue weighted by Crippen LogP contribution is -2.17. The summed E-state index contributed by atoms with van der Waals surface area (Å²) >= 11 is 0. The van der Waals surface area contributed by atoms with Crippen molar-refractivity contribution < 1.29 is 9.90 Å². The number of carboxylic acids is 1. The molecular formula is C12H15N3O2. The molecule has 5 heteroatoms. The maximum Gasteiger partial charge on any atom is 0.303 e. The van der Waals surface area contributed by atoms with Crippen molar-refractivity contribution in [3.8, 4) is 6.07 Å². The van der Waals surface area contributed by atoms with Gasteiger partial charge in [-0.05, 0) is 18.1 Å². The first-order chi connectivity index (χ1) is 8.17. The van der Waals surface area contributed by atoms with Crippen LogP contribution in [0.15, 0.2) is 18.3 Å². The van der Waals surface area contributed by atoms with E-state index in [1.165, 1.54) is 0 Å². The smallest absolute Gasteiger partial charge is 0.303 e. The maximum absolute atomic E-state index is 10.6. The van der Waals surface area contributed by atoms with Gasteiger partial charge in [0.05, 0.1) is 5.69 Å². The molecule has 0 aliphatic heterocycles. The van der Waals surface area contributed by atoms with Gasteiger partial charge < -0.3 is 10.4 Å². The number of nitrogens with zero attached hydrogens (tertiary/aromatic N) is 2. The molecule has 5 nitrogen and oxygen atoms in total. The van der Waals surface area contributed by atoms with Crippen molar-refractivity contribution in [3.05, 3.63) is 24.0 Å². The van der Waals surface area contributed by atoms with Crippen LogP contribution in [0.1, 0.15) is 25.5 Å². The largest absolute Gasteiger partial charge is 0.481 e. The Hall–Kier alpha value is -2.09. The molecule has 0 radical (unpaired) electrons. The first-order valence-corrected chi connectivity index (χ1v) is 5.48. The van der Waals surface area contributed by atoms with E-state index in [1.807, 2.05) is 13.0 Å². The summed E-state index contributed by atoms with van der Waals surface area (Å²) in [4.78, 5) is 14.5. The topological polar surface area (TPSA) is 86.0 Å². The molecule has 0 aliphatic carbocycles. The molecule has 1 atom stereocenters. The van der Waals surface area contributed by atoms with Gasteiger partial charge in [-0.3, -0.25) is 4.79 Å². The van der Waals surface area contributed by atoms with E-state index >= 15 is 0 Å². The van der Waals surface area contributed by atoms with E-state index in [0.29, 0.717) is 17.9 Å². The lowest BCUT2D eigenvalue weighted by atomic mass is 10.0. The summed E-state index contributed by atoms with van der Waals surface area (Å²) in [5, 5.41) is 20.6. The number of nitrogens with one attached hydrogen (secondary N) is 1. The third-order valence-corrected chi connectivity index (χ3v) is 2.54. The highest BCUT2D eigenvalue weighted by Gasteiger charge is 2.11. The van der Waals surface area contributed by atoms with Crippen LogP contribution in [0.4, 0.5) is 5.69 Å². The van der Waals surface area contributed by atoms with Crippen molar-refractivity contribution in [3.63, 3.8) is 0 Å². The lowest BCUT2D eigenvalue weighted by molar-refractivity contribution is -0.138. The van der Waals surface area contributed by atoms with Crippen molar-refractivity contribution in [2.24, 2.45) is 5.92 Å².